The molecular formula is C41H47ClF3N11O6S. The van der Waals surface area contributed by atoms with Gasteiger partial charge in [-0.3, -0.25) is 19.7 Å². The molecule has 22 heteroatoms. The number of sulfonamides is 1. The number of halogens is 4. The zero-order chi connectivity index (χ0) is 45.1. The first-order valence-electron chi connectivity index (χ1n) is 20.6. The number of piperidine rings is 3. The maximum atomic E-state index is 13.8. The van der Waals surface area contributed by atoms with Crippen molar-refractivity contribution >= 4 is 67.9 Å². The number of benzene rings is 2. The highest BCUT2D eigenvalue weighted by Gasteiger charge is 2.38. The van der Waals surface area contributed by atoms with Gasteiger partial charge in [-0.15, -0.1) is 0 Å². The predicted octanol–water partition coefficient (Wildman–Crippen LogP) is 5.33. The number of hydrogen-bond donors (Lipinski definition) is 3. The van der Waals surface area contributed by atoms with Crippen LogP contribution in [0.1, 0.15) is 62.0 Å². The number of nitriles is 1. The zero-order valence-electron chi connectivity index (χ0n) is 34.4. The van der Waals surface area contributed by atoms with Crippen molar-refractivity contribution in [2.75, 3.05) is 67.5 Å². The van der Waals surface area contributed by atoms with E-state index in [9.17, 15) is 36.4 Å². The van der Waals surface area contributed by atoms with Gasteiger partial charge in [-0.1, -0.05) is 17.7 Å². The minimum Gasteiger partial charge on any atom is -0.475 e. The number of anilines is 3. The molecule has 2 aromatic carbocycles. The second-order valence-corrected chi connectivity index (χ2v) is 18.5. The third-order valence-electron chi connectivity index (χ3n) is 12.0. The Morgan fingerprint density at radius 3 is 2.25 bits per heavy atom. The highest BCUT2D eigenvalue weighted by molar-refractivity contribution is 7.89. The standard InChI is InChI=1S/C39H46ClN11O4S.C2HF3O2/c1-47-35-20-29(2-3-34(35)37(46-47)51-17-10-36(52)45-39(51)53)28-6-11-48(12-7-28)25-26-4-13-49(14-5-26)32-18-27(22-41)19-33(21-32)56(54,55)50-15-8-31(9-16-50)44-38-42-23-30(40)24-43-38;3-2(4,5)1(6)7/h2-3,18-21,23-24,26,28,31H,4-17,25H2,1H3,(H,42,43,44)(H,45,52,53);(H,6,7). The molecule has 0 saturated carbocycles. The van der Waals surface area contributed by atoms with Gasteiger partial charge < -0.3 is 20.2 Å². The molecule has 8 rings (SSSR count). The number of aromatic nitrogens is 4. The van der Waals surface area contributed by atoms with Crippen molar-refractivity contribution in [2.45, 2.75) is 68.0 Å². The van der Waals surface area contributed by atoms with Gasteiger partial charge in [0.15, 0.2) is 5.82 Å². The van der Waals surface area contributed by atoms with Crippen LogP contribution >= 0.6 is 11.6 Å². The van der Waals surface area contributed by atoms with Gasteiger partial charge in [-0.25, -0.2) is 28.0 Å². The number of aryl methyl sites for hydroxylation is 1. The summed E-state index contributed by atoms with van der Waals surface area (Å²) in [6.45, 7) is 5.73. The zero-order valence-corrected chi connectivity index (χ0v) is 36.0. The molecule has 0 radical (unpaired) electrons. The number of aliphatic carboxylic acids is 1. The number of fused-ring (bicyclic) bond motifs is 1. The molecular weight excluding hydrogens is 867 g/mol. The van der Waals surface area contributed by atoms with E-state index < -0.39 is 28.2 Å². The van der Waals surface area contributed by atoms with Gasteiger partial charge in [0.1, 0.15) is 0 Å². The van der Waals surface area contributed by atoms with Crippen LogP contribution in [0.2, 0.25) is 5.02 Å². The van der Waals surface area contributed by atoms with E-state index in [4.69, 9.17) is 21.5 Å². The Morgan fingerprint density at radius 1 is 0.968 bits per heavy atom. The van der Waals surface area contributed by atoms with Crippen molar-refractivity contribution in [3.8, 4) is 6.07 Å². The molecule has 17 nitrogen and oxygen atoms in total. The number of imide groups is 1. The van der Waals surface area contributed by atoms with Crippen molar-refractivity contribution in [1.29, 1.82) is 5.26 Å². The van der Waals surface area contributed by atoms with Crippen LogP contribution in [0.15, 0.2) is 53.7 Å². The molecule has 63 heavy (non-hydrogen) atoms. The molecule has 336 valence electrons. The van der Waals surface area contributed by atoms with E-state index in [0.29, 0.717) is 66.7 Å². The number of alkyl halides is 3. The topological polar surface area (TPSA) is 210 Å². The minimum absolute atomic E-state index is 0.0426. The van der Waals surface area contributed by atoms with Crippen LogP contribution in [-0.2, 0) is 26.7 Å². The number of carboxylic acids is 1. The third-order valence-corrected chi connectivity index (χ3v) is 14.1. The molecule has 2 aromatic heterocycles. The van der Waals surface area contributed by atoms with Crippen molar-refractivity contribution in [3.05, 3.63) is 64.9 Å². The fraction of sp³-hybridized carbons (Fsp3) is 0.488. The maximum Gasteiger partial charge on any atom is 0.490 e. The third kappa shape index (κ3) is 10.8. The van der Waals surface area contributed by atoms with Gasteiger partial charge in [0.05, 0.1) is 39.5 Å². The first-order chi connectivity index (χ1) is 30.0. The van der Waals surface area contributed by atoms with Gasteiger partial charge in [0.2, 0.25) is 21.9 Å². The normalized spacial score (nSPS) is 19.0. The number of nitrogens with one attached hydrogen (secondary N) is 2. The van der Waals surface area contributed by atoms with E-state index >= 15 is 0 Å². The number of amides is 3. The summed E-state index contributed by atoms with van der Waals surface area (Å²) in [6.07, 6.45) is 3.57. The number of carboxylic acid groups (broad SMARTS) is 1. The summed E-state index contributed by atoms with van der Waals surface area (Å²) in [5, 5.41) is 28.6. The molecule has 3 amide bonds. The average Bonchev–Trinajstić information content (AvgIpc) is 3.59. The van der Waals surface area contributed by atoms with E-state index in [0.717, 1.165) is 75.0 Å². The lowest BCUT2D eigenvalue weighted by Crippen LogP contribution is -2.49. The summed E-state index contributed by atoms with van der Waals surface area (Å²) in [5.74, 6) is -0.985. The van der Waals surface area contributed by atoms with Gasteiger partial charge in [-0.2, -0.15) is 27.8 Å². The van der Waals surface area contributed by atoms with E-state index in [1.807, 2.05) is 17.8 Å². The lowest BCUT2D eigenvalue weighted by Gasteiger charge is -2.38. The molecule has 0 spiro atoms. The molecule has 0 unspecified atom stereocenters. The highest BCUT2D eigenvalue weighted by Crippen LogP contribution is 2.35. The smallest absolute Gasteiger partial charge is 0.475 e. The Bertz CT molecular complexity index is 2480. The largest absolute Gasteiger partial charge is 0.490 e. The summed E-state index contributed by atoms with van der Waals surface area (Å²) in [5.41, 5.74) is 3.38. The Balaban J connectivity index is 0.000000785. The van der Waals surface area contributed by atoms with Crippen LogP contribution in [0.3, 0.4) is 0 Å². The van der Waals surface area contributed by atoms with Gasteiger partial charge >= 0.3 is 18.2 Å². The minimum atomic E-state index is -5.08. The van der Waals surface area contributed by atoms with E-state index in [1.54, 1.807) is 11.0 Å². The first-order valence-corrected chi connectivity index (χ1v) is 22.4. The second-order valence-electron chi connectivity index (χ2n) is 16.2. The lowest BCUT2D eigenvalue weighted by molar-refractivity contribution is -0.192. The van der Waals surface area contributed by atoms with Gasteiger partial charge in [0.25, 0.3) is 0 Å². The van der Waals surface area contributed by atoms with Crippen molar-refractivity contribution < 1.29 is 41.1 Å². The average molecular weight is 914 g/mol. The summed E-state index contributed by atoms with van der Waals surface area (Å²) in [6, 6.07) is 13.3. The highest BCUT2D eigenvalue weighted by atomic mass is 35.5. The molecule has 3 N–H and O–H groups in total. The van der Waals surface area contributed by atoms with Crippen LogP contribution in [0, 0.1) is 17.2 Å². The van der Waals surface area contributed by atoms with Crippen LogP contribution < -0.4 is 20.4 Å². The van der Waals surface area contributed by atoms with E-state index in [2.05, 4.69) is 59.8 Å². The van der Waals surface area contributed by atoms with Crippen molar-refractivity contribution in [2.24, 2.45) is 13.0 Å². The lowest BCUT2D eigenvalue weighted by atomic mass is 9.88. The Kier molecular flexibility index (Phi) is 13.7. The molecule has 0 bridgehead atoms. The van der Waals surface area contributed by atoms with Crippen LogP contribution in [0.25, 0.3) is 10.9 Å². The Hall–Kier alpha value is -5.56. The summed E-state index contributed by atoms with van der Waals surface area (Å²) in [7, 11) is -1.90. The fourth-order valence-corrected chi connectivity index (χ4v) is 10.2. The maximum absolute atomic E-state index is 13.8. The number of urea groups is 1. The second kappa shape index (κ2) is 19.0. The quantitative estimate of drug-likeness (QED) is 0.194. The number of carbonyl (C=O) groups excluding carboxylic acids is 2. The summed E-state index contributed by atoms with van der Waals surface area (Å²) < 4.78 is 62.7. The Labute approximate surface area is 366 Å². The number of carbonyl (C=O) groups is 3. The molecule has 4 aliphatic heterocycles. The molecule has 4 saturated heterocycles. The predicted molar refractivity (Wildman–Crippen MR) is 227 cm³/mol. The molecule has 4 aliphatic rings. The fourth-order valence-electron chi connectivity index (χ4n) is 8.60. The Morgan fingerprint density at radius 2 is 1.63 bits per heavy atom. The molecule has 4 fully saturated rings. The molecule has 0 atom stereocenters. The van der Waals surface area contributed by atoms with Gasteiger partial charge in [0, 0.05) is 69.9 Å². The van der Waals surface area contributed by atoms with Crippen LogP contribution in [0.5, 0.6) is 0 Å². The molecule has 4 aromatic rings. The first kappa shape index (κ1) is 45.5. The molecule has 0 aliphatic carbocycles. The monoisotopic (exact) mass is 913 g/mol. The number of nitrogens with zero attached hydrogens (tertiary/aromatic N) is 9. The number of likely N-dealkylation sites (tertiary alicyclic amines) is 1. The van der Waals surface area contributed by atoms with Crippen molar-refractivity contribution in [1.82, 2.24) is 34.3 Å². The number of rotatable bonds is 9. The van der Waals surface area contributed by atoms with Crippen LogP contribution in [0.4, 0.5) is 35.4 Å². The number of hydrogen-bond acceptors (Lipinski definition) is 12. The van der Waals surface area contributed by atoms with E-state index in [-0.39, 0.29) is 23.3 Å². The summed E-state index contributed by atoms with van der Waals surface area (Å²) >= 11 is 5.90. The molecule has 6 heterocycles. The summed E-state index contributed by atoms with van der Waals surface area (Å²) in [4.78, 5) is 48.0. The van der Waals surface area contributed by atoms with Crippen LogP contribution in [-0.4, -0.2) is 125 Å². The SMILES string of the molecule is Cn1nc(N2CCC(=O)NC2=O)c2ccc(C3CCN(CC4CCN(c5cc(C#N)cc(S(=O)(=O)N6CCC(Nc7ncc(Cl)cn7)CC6)c5)CC4)CC3)cc21.O=C(O)C(F)(F)F. The van der Waals surface area contributed by atoms with Gasteiger partial charge in [-0.05, 0) is 99.3 Å². The van der Waals surface area contributed by atoms with E-state index in [1.165, 1.54) is 28.3 Å². The van der Waals surface area contributed by atoms with Crippen molar-refractivity contribution in [3.63, 3.8) is 0 Å².